The minimum atomic E-state index is 0.186. The first-order valence-electron chi connectivity index (χ1n) is 6.25. The molecule has 0 bridgehead atoms. The van der Waals surface area contributed by atoms with Crippen LogP contribution in [0.25, 0.3) is 0 Å². The number of nitrogens with one attached hydrogen (secondary N) is 2. The van der Waals surface area contributed by atoms with E-state index in [1.54, 1.807) is 0 Å². The van der Waals surface area contributed by atoms with Crippen LogP contribution in [0.4, 0.5) is 0 Å². The highest BCUT2D eigenvalue weighted by atomic mass is 32.2. The highest BCUT2D eigenvalue weighted by molar-refractivity contribution is 7.98. The van der Waals surface area contributed by atoms with Gasteiger partial charge in [0.25, 0.3) is 0 Å². The predicted molar refractivity (Wildman–Crippen MR) is 70.8 cm³/mol. The molecule has 1 aliphatic rings. The lowest BCUT2D eigenvalue weighted by Gasteiger charge is -2.14. The van der Waals surface area contributed by atoms with Gasteiger partial charge in [-0.25, -0.2) is 0 Å². The molecule has 1 amide bonds. The lowest BCUT2D eigenvalue weighted by atomic mass is 10.0. The monoisotopic (exact) mass is 244 g/mol. The largest absolute Gasteiger partial charge is 0.356 e. The first-order chi connectivity index (χ1) is 7.75. The number of amides is 1. The zero-order valence-corrected chi connectivity index (χ0v) is 11.2. The van der Waals surface area contributed by atoms with Crippen LogP contribution in [0.1, 0.15) is 32.6 Å². The number of rotatable bonds is 7. The second kappa shape index (κ2) is 7.96. The van der Waals surface area contributed by atoms with Crippen LogP contribution in [0.15, 0.2) is 0 Å². The van der Waals surface area contributed by atoms with E-state index < -0.39 is 0 Å². The van der Waals surface area contributed by atoms with Gasteiger partial charge in [-0.1, -0.05) is 6.42 Å². The molecule has 3 nitrogen and oxygen atoms in total. The lowest BCUT2D eigenvalue weighted by Crippen LogP contribution is -2.37. The number of hydrogen-bond donors (Lipinski definition) is 2. The van der Waals surface area contributed by atoms with Gasteiger partial charge in [-0.3, -0.25) is 4.79 Å². The number of unbranched alkanes of at least 4 members (excludes halogenated alkanes) is 2. The normalized spacial score (nSPS) is 24.6. The summed E-state index contributed by atoms with van der Waals surface area (Å²) in [4.78, 5) is 11.8. The Labute approximate surface area is 103 Å². The van der Waals surface area contributed by atoms with Gasteiger partial charge in [-0.05, 0) is 44.7 Å². The van der Waals surface area contributed by atoms with Crippen LogP contribution in [0, 0.1) is 5.92 Å². The van der Waals surface area contributed by atoms with E-state index >= 15 is 0 Å². The Balaban J connectivity index is 2.02. The standard InChI is InChI=1S/C12H24N2OS/c1-10-11(6-8-13-10)12(15)14-7-4-3-5-9-16-2/h10-11,13H,3-9H2,1-2H3,(H,14,15). The fourth-order valence-electron chi connectivity index (χ4n) is 2.11. The summed E-state index contributed by atoms with van der Waals surface area (Å²) in [5, 5.41) is 6.35. The van der Waals surface area contributed by atoms with Crippen LogP contribution in [0.2, 0.25) is 0 Å². The second-order valence-corrected chi connectivity index (χ2v) is 5.47. The molecular weight excluding hydrogens is 220 g/mol. The van der Waals surface area contributed by atoms with Crippen LogP contribution in [-0.2, 0) is 4.79 Å². The maximum Gasteiger partial charge on any atom is 0.224 e. The van der Waals surface area contributed by atoms with Crippen LogP contribution in [0.3, 0.4) is 0 Å². The Kier molecular flexibility index (Phi) is 6.88. The van der Waals surface area contributed by atoms with Crippen LogP contribution >= 0.6 is 11.8 Å². The fourth-order valence-corrected chi connectivity index (χ4v) is 2.60. The van der Waals surface area contributed by atoms with Gasteiger partial charge in [-0.2, -0.15) is 11.8 Å². The summed E-state index contributed by atoms with van der Waals surface area (Å²) in [5.74, 6) is 1.66. The molecule has 1 aliphatic heterocycles. The van der Waals surface area contributed by atoms with Gasteiger partial charge in [0.2, 0.25) is 5.91 Å². The first kappa shape index (κ1) is 13.8. The molecule has 1 fully saturated rings. The molecule has 0 aromatic rings. The van der Waals surface area contributed by atoms with Crippen LogP contribution < -0.4 is 10.6 Å². The SMILES string of the molecule is CSCCCCCNC(=O)C1CCNC1C. The second-order valence-electron chi connectivity index (χ2n) is 4.48. The Morgan fingerprint density at radius 3 is 2.88 bits per heavy atom. The van der Waals surface area contributed by atoms with Gasteiger partial charge >= 0.3 is 0 Å². The molecule has 4 heteroatoms. The molecule has 0 aliphatic carbocycles. The van der Waals surface area contributed by atoms with E-state index in [1.807, 2.05) is 11.8 Å². The zero-order chi connectivity index (χ0) is 11.8. The minimum absolute atomic E-state index is 0.186. The average molecular weight is 244 g/mol. The topological polar surface area (TPSA) is 41.1 Å². The van der Waals surface area contributed by atoms with Crippen molar-refractivity contribution in [3.63, 3.8) is 0 Å². The quantitative estimate of drug-likeness (QED) is 0.669. The smallest absolute Gasteiger partial charge is 0.224 e. The fraction of sp³-hybridized carbons (Fsp3) is 0.917. The van der Waals surface area contributed by atoms with Crippen molar-refractivity contribution in [3.05, 3.63) is 0 Å². The number of carbonyl (C=O) groups is 1. The number of thioether (sulfide) groups is 1. The lowest BCUT2D eigenvalue weighted by molar-refractivity contribution is -0.125. The molecule has 94 valence electrons. The van der Waals surface area contributed by atoms with E-state index in [9.17, 15) is 4.79 Å². The summed E-state index contributed by atoms with van der Waals surface area (Å²) in [6.45, 7) is 3.92. The predicted octanol–water partition coefficient (Wildman–Crippen LogP) is 1.63. The minimum Gasteiger partial charge on any atom is -0.356 e. The summed E-state index contributed by atoms with van der Waals surface area (Å²) in [6.07, 6.45) is 6.72. The highest BCUT2D eigenvalue weighted by Crippen LogP contribution is 2.14. The van der Waals surface area contributed by atoms with Crippen molar-refractivity contribution in [2.24, 2.45) is 5.92 Å². The Morgan fingerprint density at radius 1 is 1.44 bits per heavy atom. The molecule has 0 aromatic carbocycles. The van der Waals surface area contributed by atoms with E-state index in [-0.39, 0.29) is 11.8 Å². The molecule has 0 spiro atoms. The summed E-state index contributed by atoms with van der Waals surface area (Å²) in [7, 11) is 0. The molecule has 16 heavy (non-hydrogen) atoms. The Morgan fingerprint density at radius 2 is 2.25 bits per heavy atom. The first-order valence-corrected chi connectivity index (χ1v) is 7.65. The molecule has 1 heterocycles. The van der Waals surface area contributed by atoms with E-state index in [0.717, 1.165) is 25.9 Å². The Bertz CT molecular complexity index is 211. The summed E-state index contributed by atoms with van der Waals surface area (Å²) in [6, 6.07) is 0.344. The van der Waals surface area contributed by atoms with E-state index in [0.29, 0.717) is 6.04 Å². The third-order valence-corrected chi connectivity index (χ3v) is 3.88. The van der Waals surface area contributed by atoms with Crippen molar-refractivity contribution in [2.75, 3.05) is 25.1 Å². The Hall–Kier alpha value is -0.220. The van der Waals surface area contributed by atoms with Crippen molar-refractivity contribution < 1.29 is 4.79 Å². The van der Waals surface area contributed by atoms with E-state index in [2.05, 4.69) is 23.8 Å². The van der Waals surface area contributed by atoms with E-state index in [1.165, 1.54) is 18.6 Å². The van der Waals surface area contributed by atoms with Gasteiger partial charge in [0.05, 0.1) is 5.92 Å². The average Bonchev–Trinajstić information content (AvgIpc) is 2.69. The van der Waals surface area contributed by atoms with Gasteiger partial charge < -0.3 is 10.6 Å². The van der Waals surface area contributed by atoms with Crippen LogP contribution in [0.5, 0.6) is 0 Å². The zero-order valence-electron chi connectivity index (χ0n) is 10.4. The molecule has 0 saturated carbocycles. The van der Waals surface area contributed by atoms with Gasteiger partial charge in [0.15, 0.2) is 0 Å². The molecule has 2 atom stereocenters. The maximum absolute atomic E-state index is 11.8. The van der Waals surface area contributed by atoms with Crippen molar-refractivity contribution in [2.45, 2.75) is 38.6 Å². The third kappa shape index (κ3) is 4.74. The third-order valence-electron chi connectivity index (χ3n) is 3.19. The van der Waals surface area contributed by atoms with Gasteiger partial charge in [-0.15, -0.1) is 0 Å². The molecular formula is C12H24N2OS. The van der Waals surface area contributed by atoms with Crippen LogP contribution in [-0.4, -0.2) is 37.0 Å². The van der Waals surface area contributed by atoms with Crippen molar-refractivity contribution >= 4 is 17.7 Å². The van der Waals surface area contributed by atoms with Crippen molar-refractivity contribution in [3.8, 4) is 0 Å². The van der Waals surface area contributed by atoms with Gasteiger partial charge in [0, 0.05) is 12.6 Å². The van der Waals surface area contributed by atoms with Crippen molar-refractivity contribution in [1.29, 1.82) is 0 Å². The van der Waals surface area contributed by atoms with Gasteiger partial charge in [0.1, 0.15) is 0 Å². The maximum atomic E-state index is 11.8. The highest BCUT2D eigenvalue weighted by Gasteiger charge is 2.28. The number of hydrogen-bond acceptors (Lipinski definition) is 3. The number of carbonyl (C=O) groups excluding carboxylic acids is 1. The molecule has 2 unspecified atom stereocenters. The molecule has 0 radical (unpaired) electrons. The molecule has 1 saturated heterocycles. The summed E-state index contributed by atoms with van der Waals surface area (Å²) >= 11 is 1.89. The summed E-state index contributed by atoms with van der Waals surface area (Å²) < 4.78 is 0. The molecule has 2 N–H and O–H groups in total. The molecule has 1 rings (SSSR count). The summed E-state index contributed by atoms with van der Waals surface area (Å²) in [5.41, 5.74) is 0. The molecule has 0 aromatic heterocycles. The van der Waals surface area contributed by atoms with Crippen molar-refractivity contribution in [1.82, 2.24) is 10.6 Å². The van der Waals surface area contributed by atoms with E-state index in [4.69, 9.17) is 0 Å².